The summed E-state index contributed by atoms with van der Waals surface area (Å²) in [4.78, 5) is 22.7. The lowest BCUT2D eigenvalue weighted by atomic mass is 10.3. The number of aryl methyl sites for hydroxylation is 1. The largest absolute Gasteiger partial charge is 0.378 e. The molecule has 1 aliphatic rings. The van der Waals surface area contributed by atoms with Crippen molar-refractivity contribution >= 4 is 11.9 Å². The highest BCUT2D eigenvalue weighted by atomic mass is 16.5. The first-order valence-electron chi connectivity index (χ1n) is 7.01. The molecule has 2 aromatic heterocycles. The van der Waals surface area contributed by atoms with Crippen LogP contribution in [-0.2, 0) is 18.3 Å². The van der Waals surface area contributed by atoms with Crippen molar-refractivity contribution in [2.75, 3.05) is 31.2 Å². The summed E-state index contributed by atoms with van der Waals surface area (Å²) < 4.78 is 6.79. The Hall–Kier alpha value is -2.55. The Morgan fingerprint density at radius 2 is 2.23 bits per heavy atom. The zero-order valence-electron chi connectivity index (χ0n) is 12.3. The van der Waals surface area contributed by atoms with Gasteiger partial charge in [0.25, 0.3) is 5.91 Å². The van der Waals surface area contributed by atoms with E-state index in [0.29, 0.717) is 25.7 Å². The molecule has 9 heteroatoms. The number of ether oxygens (including phenoxy) is 1. The van der Waals surface area contributed by atoms with Crippen molar-refractivity contribution in [2.24, 2.45) is 7.05 Å². The SMILES string of the molecule is Cn1cc(C(=O)NCc2ccnc(N3CCOCC3)n2)nn1. The van der Waals surface area contributed by atoms with E-state index in [1.165, 1.54) is 4.68 Å². The van der Waals surface area contributed by atoms with Gasteiger partial charge in [0.05, 0.1) is 31.6 Å². The zero-order chi connectivity index (χ0) is 15.4. The van der Waals surface area contributed by atoms with Gasteiger partial charge in [-0.1, -0.05) is 5.21 Å². The monoisotopic (exact) mass is 303 g/mol. The molecule has 0 spiro atoms. The van der Waals surface area contributed by atoms with Crippen LogP contribution in [0.2, 0.25) is 0 Å². The summed E-state index contributed by atoms with van der Waals surface area (Å²) in [5.41, 5.74) is 1.03. The molecule has 0 unspecified atom stereocenters. The van der Waals surface area contributed by atoms with Crippen molar-refractivity contribution in [3.05, 3.63) is 29.8 Å². The van der Waals surface area contributed by atoms with E-state index in [1.807, 2.05) is 0 Å². The molecule has 3 rings (SSSR count). The number of morpholine rings is 1. The second-order valence-corrected chi connectivity index (χ2v) is 4.91. The first kappa shape index (κ1) is 14.4. The molecule has 0 aromatic carbocycles. The molecule has 9 nitrogen and oxygen atoms in total. The van der Waals surface area contributed by atoms with E-state index < -0.39 is 0 Å². The molecule has 1 aliphatic heterocycles. The van der Waals surface area contributed by atoms with Gasteiger partial charge in [-0.2, -0.15) is 0 Å². The molecular weight excluding hydrogens is 286 g/mol. The summed E-state index contributed by atoms with van der Waals surface area (Å²) in [5.74, 6) is 0.384. The van der Waals surface area contributed by atoms with E-state index in [9.17, 15) is 4.79 Å². The minimum absolute atomic E-state index is 0.278. The third kappa shape index (κ3) is 3.37. The highest BCUT2D eigenvalue weighted by Crippen LogP contribution is 2.09. The van der Waals surface area contributed by atoms with Gasteiger partial charge >= 0.3 is 0 Å². The van der Waals surface area contributed by atoms with Crippen molar-refractivity contribution < 1.29 is 9.53 Å². The first-order valence-corrected chi connectivity index (χ1v) is 7.01. The molecule has 3 heterocycles. The Bertz CT molecular complexity index is 651. The lowest BCUT2D eigenvalue weighted by Crippen LogP contribution is -2.37. The van der Waals surface area contributed by atoms with Crippen LogP contribution in [0.1, 0.15) is 16.2 Å². The van der Waals surface area contributed by atoms with Crippen molar-refractivity contribution in [1.29, 1.82) is 0 Å². The molecule has 0 bridgehead atoms. The van der Waals surface area contributed by atoms with Crippen LogP contribution in [0.3, 0.4) is 0 Å². The van der Waals surface area contributed by atoms with Gasteiger partial charge < -0.3 is 15.0 Å². The topological polar surface area (TPSA) is 98.1 Å². The average Bonchev–Trinajstić information content (AvgIpc) is 3.00. The molecule has 2 aromatic rings. The number of amides is 1. The average molecular weight is 303 g/mol. The maximum atomic E-state index is 11.9. The van der Waals surface area contributed by atoms with Gasteiger partial charge in [0, 0.05) is 26.3 Å². The Labute approximate surface area is 127 Å². The first-order chi connectivity index (χ1) is 10.7. The van der Waals surface area contributed by atoms with Crippen LogP contribution >= 0.6 is 0 Å². The lowest BCUT2D eigenvalue weighted by molar-refractivity contribution is 0.0945. The Morgan fingerprint density at radius 1 is 1.41 bits per heavy atom. The Morgan fingerprint density at radius 3 is 2.95 bits per heavy atom. The van der Waals surface area contributed by atoms with Crippen molar-refractivity contribution in [2.45, 2.75) is 6.54 Å². The Kier molecular flexibility index (Phi) is 4.24. The molecule has 116 valence electrons. The van der Waals surface area contributed by atoms with E-state index in [4.69, 9.17) is 4.74 Å². The number of aromatic nitrogens is 5. The fourth-order valence-electron chi connectivity index (χ4n) is 2.11. The second-order valence-electron chi connectivity index (χ2n) is 4.91. The molecule has 0 saturated carbocycles. The van der Waals surface area contributed by atoms with Crippen LogP contribution in [-0.4, -0.2) is 57.2 Å². The number of carbonyl (C=O) groups excluding carboxylic acids is 1. The summed E-state index contributed by atoms with van der Waals surface area (Å²) in [7, 11) is 1.71. The molecule has 1 amide bonds. The number of nitrogens with one attached hydrogen (secondary N) is 1. The van der Waals surface area contributed by atoms with Crippen molar-refractivity contribution in [3.63, 3.8) is 0 Å². The standard InChI is InChI=1S/C13H17N7O2/c1-19-9-11(17-18-19)12(21)15-8-10-2-3-14-13(16-10)20-4-6-22-7-5-20/h2-3,9H,4-8H2,1H3,(H,15,21). The molecule has 1 fully saturated rings. The fraction of sp³-hybridized carbons (Fsp3) is 0.462. The van der Waals surface area contributed by atoms with Gasteiger partial charge in [0.2, 0.25) is 5.95 Å². The molecule has 22 heavy (non-hydrogen) atoms. The third-order valence-corrected chi connectivity index (χ3v) is 3.26. The quantitative estimate of drug-likeness (QED) is 0.803. The highest BCUT2D eigenvalue weighted by molar-refractivity contribution is 5.91. The number of nitrogens with zero attached hydrogens (tertiary/aromatic N) is 6. The van der Waals surface area contributed by atoms with Crippen LogP contribution in [0, 0.1) is 0 Å². The number of rotatable bonds is 4. The van der Waals surface area contributed by atoms with Gasteiger partial charge in [-0.3, -0.25) is 9.48 Å². The number of hydrogen-bond acceptors (Lipinski definition) is 7. The maximum Gasteiger partial charge on any atom is 0.273 e. The summed E-state index contributed by atoms with van der Waals surface area (Å²) in [6.45, 7) is 3.22. The van der Waals surface area contributed by atoms with Gasteiger partial charge in [-0.25, -0.2) is 9.97 Å². The molecule has 1 N–H and O–H groups in total. The van der Waals surface area contributed by atoms with Gasteiger partial charge in [-0.15, -0.1) is 5.10 Å². The van der Waals surface area contributed by atoms with Crippen LogP contribution in [0.25, 0.3) is 0 Å². The molecule has 0 aliphatic carbocycles. The normalized spacial score (nSPS) is 14.9. The van der Waals surface area contributed by atoms with Crippen molar-refractivity contribution in [1.82, 2.24) is 30.3 Å². The minimum atomic E-state index is -0.278. The van der Waals surface area contributed by atoms with Gasteiger partial charge in [0.15, 0.2) is 5.69 Å². The van der Waals surface area contributed by atoms with E-state index in [-0.39, 0.29) is 11.6 Å². The number of carbonyl (C=O) groups is 1. The van der Waals surface area contributed by atoms with E-state index in [2.05, 4.69) is 30.5 Å². The van der Waals surface area contributed by atoms with Crippen LogP contribution < -0.4 is 10.2 Å². The molecular formula is C13H17N7O2. The maximum absolute atomic E-state index is 11.9. The van der Waals surface area contributed by atoms with Crippen molar-refractivity contribution in [3.8, 4) is 0 Å². The van der Waals surface area contributed by atoms with Crippen LogP contribution in [0.4, 0.5) is 5.95 Å². The summed E-state index contributed by atoms with van der Waals surface area (Å²) in [5, 5.41) is 10.3. The van der Waals surface area contributed by atoms with E-state index >= 15 is 0 Å². The lowest BCUT2D eigenvalue weighted by Gasteiger charge is -2.26. The summed E-state index contributed by atoms with van der Waals surface area (Å²) in [6.07, 6.45) is 3.26. The Balaban J connectivity index is 1.61. The van der Waals surface area contributed by atoms with Gasteiger partial charge in [0.1, 0.15) is 0 Å². The third-order valence-electron chi connectivity index (χ3n) is 3.26. The number of hydrogen-bond donors (Lipinski definition) is 1. The van der Waals surface area contributed by atoms with Gasteiger partial charge in [-0.05, 0) is 6.07 Å². The predicted octanol–water partition coefficient (Wildman–Crippen LogP) is -0.628. The predicted molar refractivity (Wildman–Crippen MR) is 77.2 cm³/mol. The smallest absolute Gasteiger partial charge is 0.273 e. The second kappa shape index (κ2) is 6.48. The number of anilines is 1. The summed E-state index contributed by atoms with van der Waals surface area (Å²) >= 11 is 0. The molecule has 0 radical (unpaired) electrons. The van der Waals surface area contributed by atoms with E-state index in [1.54, 1.807) is 25.5 Å². The van der Waals surface area contributed by atoms with Crippen LogP contribution in [0.5, 0.6) is 0 Å². The minimum Gasteiger partial charge on any atom is -0.378 e. The zero-order valence-corrected chi connectivity index (χ0v) is 12.3. The van der Waals surface area contributed by atoms with Crippen LogP contribution in [0.15, 0.2) is 18.5 Å². The fourth-order valence-corrected chi connectivity index (χ4v) is 2.11. The summed E-state index contributed by atoms with van der Waals surface area (Å²) in [6, 6.07) is 1.78. The molecule has 1 saturated heterocycles. The van der Waals surface area contributed by atoms with E-state index in [0.717, 1.165) is 18.8 Å². The molecule has 0 atom stereocenters. The highest BCUT2D eigenvalue weighted by Gasteiger charge is 2.14.